The van der Waals surface area contributed by atoms with E-state index in [1.807, 2.05) is 19.0 Å². The number of pyridine rings is 1. The van der Waals surface area contributed by atoms with Crippen LogP contribution in [-0.4, -0.2) is 52.9 Å². The van der Waals surface area contributed by atoms with Crippen molar-refractivity contribution in [1.29, 1.82) is 0 Å². The minimum absolute atomic E-state index is 0.0601. The number of carbonyl (C=O) groups is 1. The maximum absolute atomic E-state index is 13.8. The van der Waals surface area contributed by atoms with Gasteiger partial charge in [-0.3, -0.25) is 9.78 Å². The lowest BCUT2D eigenvalue weighted by Gasteiger charge is -2.20. The van der Waals surface area contributed by atoms with Gasteiger partial charge < -0.3 is 9.80 Å². The van der Waals surface area contributed by atoms with E-state index in [0.29, 0.717) is 25.9 Å². The molecule has 1 aliphatic rings. The molecule has 6 nitrogen and oxygen atoms in total. The molecule has 0 bridgehead atoms. The summed E-state index contributed by atoms with van der Waals surface area (Å²) in [4.78, 5) is 28.5. The summed E-state index contributed by atoms with van der Waals surface area (Å²) in [5, 5.41) is 0. The van der Waals surface area contributed by atoms with E-state index in [-0.39, 0.29) is 11.5 Å². The van der Waals surface area contributed by atoms with Gasteiger partial charge in [-0.15, -0.1) is 0 Å². The molecule has 3 rings (SSSR count). The van der Waals surface area contributed by atoms with E-state index in [2.05, 4.69) is 15.0 Å². The number of amides is 1. The molecule has 7 heteroatoms. The first-order valence-corrected chi connectivity index (χ1v) is 7.47. The van der Waals surface area contributed by atoms with Crippen molar-refractivity contribution in [2.24, 2.45) is 0 Å². The Kier molecular flexibility index (Phi) is 4.18. The summed E-state index contributed by atoms with van der Waals surface area (Å²) in [5.74, 6) is -0.0236. The third kappa shape index (κ3) is 2.99. The Morgan fingerprint density at radius 3 is 2.78 bits per heavy atom. The van der Waals surface area contributed by atoms with Gasteiger partial charge in [-0.25, -0.2) is 14.4 Å². The van der Waals surface area contributed by atoms with E-state index < -0.39 is 5.82 Å². The van der Waals surface area contributed by atoms with Crippen molar-refractivity contribution in [3.05, 3.63) is 47.4 Å². The fourth-order valence-electron chi connectivity index (χ4n) is 2.82. The maximum atomic E-state index is 13.8. The Hall–Kier alpha value is -2.57. The third-order valence-electron chi connectivity index (χ3n) is 3.98. The Morgan fingerprint density at radius 1 is 1.26 bits per heavy atom. The first kappa shape index (κ1) is 15.3. The number of carbonyl (C=O) groups excluding carboxylic acids is 1. The molecule has 0 saturated heterocycles. The van der Waals surface area contributed by atoms with Gasteiger partial charge in [0.2, 0.25) is 0 Å². The number of rotatable bonds is 2. The Bertz CT molecular complexity index is 734. The molecule has 0 spiro atoms. The highest BCUT2D eigenvalue weighted by atomic mass is 19.1. The van der Waals surface area contributed by atoms with E-state index in [1.165, 1.54) is 12.3 Å². The monoisotopic (exact) mass is 315 g/mol. The zero-order chi connectivity index (χ0) is 16.4. The summed E-state index contributed by atoms with van der Waals surface area (Å²) >= 11 is 0. The molecule has 0 fully saturated rings. The zero-order valence-corrected chi connectivity index (χ0v) is 13.2. The number of hydrogen-bond acceptors (Lipinski definition) is 5. The van der Waals surface area contributed by atoms with E-state index in [1.54, 1.807) is 11.2 Å². The van der Waals surface area contributed by atoms with Crippen molar-refractivity contribution < 1.29 is 9.18 Å². The number of aromatic nitrogens is 3. The normalized spacial score (nSPS) is 14.1. The zero-order valence-electron chi connectivity index (χ0n) is 13.2. The topological polar surface area (TPSA) is 62.2 Å². The van der Waals surface area contributed by atoms with Gasteiger partial charge in [-0.05, 0) is 12.5 Å². The third-order valence-corrected chi connectivity index (χ3v) is 3.98. The predicted molar refractivity (Wildman–Crippen MR) is 83.9 cm³/mol. The second-order valence-electron chi connectivity index (χ2n) is 5.66. The van der Waals surface area contributed by atoms with Crippen LogP contribution in [0.3, 0.4) is 0 Å². The van der Waals surface area contributed by atoms with Crippen molar-refractivity contribution in [3.63, 3.8) is 0 Å². The fraction of sp³-hybridized carbons (Fsp3) is 0.375. The van der Waals surface area contributed by atoms with Crippen molar-refractivity contribution in [2.75, 3.05) is 32.1 Å². The second kappa shape index (κ2) is 6.28. The second-order valence-corrected chi connectivity index (χ2v) is 5.66. The number of hydrogen-bond donors (Lipinski definition) is 0. The van der Waals surface area contributed by atoms with Gasteiger partial charge in [0.15, 0.2) is 5.82 Å². The van der Waals surface area contributed by atoms with Crippen molar-refractivity contribution in [2.45, 2.75) is 12.8 Å². The molecule has 0 N–H and O–H groups in total. The van der Waals surface area contributed by atoms with Crippen LogP contribution >= 0.6 is 0 Å². The molecule has 1 aliphatic heterocycles. The molecular weight excluding hydrogens is 297 g/mol. The van der Waals surface area contributed by atoms with E-state index >= 15 is 0 Å². The molecule has 1 amide bonds. The summed E-state index contributed by atoms with van der Waals surface area (Å²) in [6.45, 7) is 1.03. The largest absolute Gasteiger partial charge is 0.362 e. The average Bonchev–Trinajstić information content (AvgIpc) is 2.77. The highest BCUT2D eigenvalue weighted by Gasteiger charge is 2.24. The van der Waals surface area contributed by atoms with Crippen molar-refractivity contribution in [3.8, 4) is 0 Å². The molecule has 0 aromatic carbocycles. The summed E-state index contributed by atoms with van der Waals surface area (Å²) in [7, 11) is 3.87. The van der Waals surface area contributed by atoms with Crippen LogP contribution < -0.4 is 4.90 Å². The predicted octanol–water partition coefficient (Wildman–Crippen LogP) is 1.32. The number of fused-ring (bicyclic) bond motifs is 1. The van der Waals surface area contributed by atoms with Crippen LogP contribution in [0.25, 0.3) is 0 Å². The van der Waals surface area contributed by atoms with Gasteiger partial charge >= 0.3 is 0 Å². The van der Waals surface area contributed by atoms with Crippen LogP contribution in [0.15, 0.2) is 24.8 Å². The quantitative estimate of drug-likeness (QED) is 0.836. The number of halogens is 1. The van der Waals surface area contributed by atoms with Crippen LogP contribution in [0.5, 0.6) is 0 Å². The lowest BCUT2D eigenvalue weighted by Crippen LogP contribution is -2.34. The molecule has 120 valence electrons. The summed E-state index contributed by atoms with van der Waals surface area (Å²) in [5.41, 5.74) is 2.07. The molecule has 0 radical (unpaired) electrons. The summed E-state index contributed by atoms with van der Waals surface area (Å²) in [6.07, 6.45) is 5.33. The molecule has 23 heavy (non-hydrogen) atoms. The number of nitrogens with zero attached hydrogens (tertiary/aromatic N) is 5. The van der Waals surface area contributed by atoms with Crippen molar-refractivity contribution in [1.82, 2.24) is 19.9 Å². The fourth-order valence-corrected chi connectivity index (χ4v) is 2.82. The van der Waals surface area contributed by atoms with Gasteiger partial charge in [-0.1, -0.05) is 0 Å². The molecule has 0 aliphatic carbocycles. The van der Waals surface area contributed by atoms with Gasteiger partial charge in [0.25, 0.3) is 5.91 Å². The Labute approximate surface area is 134 Å². The van der Waals surface area contributed by atoms with Crippen LogP contribution in [-0.2, 0) is 12.8 Å². The molecule has 3 heterocycles. The highest BCUT2D eigenvalue weighted by molar-refractivity contribution is 5.94. The maximum Gasteiger partial charge on any atom is 0.256 e. The number of anilines is 1. The van der Waals surface area contributed by atoms with Crippen LogP contribution in [0.1, 0.15) is 21.6 Å². The van der Waals surface area contributed by atoms with Gasteiger partial charge in [0.1, 0.15) is 12.1 Å². The minimum Gasteiger partial charge on any atom is -0.362 e. The van der Waals surface area contributed by atoms with Crippen molar-refractivity contribution >= 4 is 11.7 Å². The lowest BCUT2D eigenvalue weighted by atomic mass is 10.1. The smallest absolute Gasteiger partial charge is 0.256 e. The summed E-state index contributed by atoms with van der Waals surface area (Å²) in [6, 6.07) is 1.42. The van der Waals surface area contributed by atoms with Crippen LogP contribution in [0.4, 0.5) is 10.2 Å². The minimum atomic E-state index is -0.590. The van der Waals surface area contributed by atoms with Gasteiger partial charge in [-0.2, -0.15) is 0 Å². The first-order chi connectivity index (χ1) is 11.1. The SMILES string of the molecule is CN(C)c1ncnc2c1CCN(C(=O)c1ccncc1F)CC2. The molecular formula is C16H18FN5O. The summed E-state index contributed by atoms with van der Waals surface area (Å²) < 4.78 is 13.8. The Balaban J connectivity index is 1.84. The lowest BCUT2D eigenvalue weighted by molar-refractivity contribution is 0.0758. The molecule has 0 saturated carbocycles. The van der Waals surface area contributed by atoms with Crippen LogP contribution in [0, 0.1) is 5.82 Å². The van der Waals surface area contributed by atoms with E-state index in [9.17, 15) is 9.18 Å². The molecule has 0 atom stereocenters. The molecule has 2 aromatic heterocycles. The van der Waals surface area contributed by atoms with E-state index in [0.717, 1.165) is 23.3 Å². The average molecular weight is 315 g/mol. The highest BCUT2D eigenvalue weighted by Crippen LogP contribution is 2.23. The molecule has 2 aromatic rings. The molecule has 0 unspecified atom stereocenters. The standard InChI is InChI=1S/C16H18FN5O/c1-21(2)15-12-4-7-22(8-5-14(12)19-10-20-15)16(23)11-3-6-18-9-13(11)17/h3,6,9-10H,4-5,7-8H2,1-2H3. The first-order valence-electron chi connectivity index (χ1n) is 7.47. The Morgan fingerprint density at radius 2 is 2.04 bits per heavy atom. The van der Waals surface area contributed by atoms with Gasteiger partial charge in [0.05, 0.1) is 17.5 Å². The van der Waals surface area contributed by atoms with E-state index in [4.69, 9.17) is 0 Å². The van der Waals surface area contributed by atoms with Gasteiger partial charge in [0, 0.05) is 45.4 Å². The van der Waals surface area contributed by atoms with Crippen LogP contribution in [0.2, 0.25) is 0 Å².